The van der Waals surface area contributed by atoms with Gasteiger partial charge in [-0.3, -0.25) is 0 Å². The van der Waals surface area contributed by atoms with E-state index in [1.807, 2.05) is 12.5 Å². The van der Waals surface area contributed by atoms with Gasteiger partial charge in [0, 0.05) is 18.8 Å². The third kappa shape index (κ3) is 2.41. The Morgan fingerprint density at radius 1 is 1.37 bits per heavy atom. The smallest absolute Gasteiger partial charge is 0.112 e. The summed E-state index contributed by atoms with van der Waals surface area (Å²) in [7, 11) is 0. The Bertz CT molecular complexity index is 571. The fraction of sp³-hybridized carbons (Fsp3) is 0.400. The average Bonchev–Trinajstić information content (AvgIpc) is 2.89. The van der Waals surface area contributed by atoms with E-state index in [-0.39, 0.29) is 6.10 Å². The van der Waals surface area contributed by atoms with Crippen LogP contribution in [0.5, 0.6) is 0 Å². The predicted molar refractivity (Wildman–Crippen MR) is 74.6 cm³/mol. The molecule has 0 saturated carbocycles. The summed E-state index contributed by atoms with van der Waals surface area (Å²) in [5.41, 5.74) is 4.81. The number of hydrogen-bond donors (Lipinski definition) is 1. The van der Waals surface area contributed by atoms with Gasteiger partial charge in [0.05, 0.1) is 24.8 Å². The van der Waals surface area contributed by atoms with E-state index >= 15 is 0 Å². The maximum atomic E-state index is 5.82. The van der Waals surface area contributed by atoms with Gasteiger partial charge in [-0.25, -0.2) is 4.98 Å². The Balaban J connectivity index is 1.99. The molecule has 1 unspecified atom stereocenters. The Labute approximate surface area is 113 Å². The van der Waals surface area contributed by atoms with Crippen LogP contribution >= 0.6 is 0 Å². The lowest BCUT2D eigenvalue weighted by atomic mass is 10.1. The Kier molecular flexibility index (Phi) is 3.36. The van der Waals surface area contributed by atoms with Crippen LogP contribution in [-0.4, -0.2) is 29.2 Å². The van der Waals surface area contributed by atoms with Gasteiger partial charge in [-0.2, -0.15) is 0 Å². The summed E-state index contributed by atoms with van der Waals surface area (Å²) in [6.07, 6.45) is 3.85. The largest absolute Gasteiger partial charge is 0.369 e. The maximum Gasteiger partial charge on any atom is 0.112 e. The summed E-state index contributed by atoms with van der Waals surface area (Å²) < 4.78 is 7.96. The molecule has 0 amide bonds. The van der Waals surface area contributed by atoms with E-state index in [4.69, 9.17) is 4.74 Å². The zero-order valence-corrected chi connectivity index (χ0v) is 11.4. The van der Waals surface area contributed by atoms with Crippen LogP contribution in [-0.2, 0) is 4.74 Å². The van der Waals surface area contributed by atoms with E-state index in [0.717, 1.165) is 25.4 Å². The minimum absolute atomic E-state index is 0.0805. The highest BCUT2D eigenvalue weighted by Crippen LogP contribution is 2.24. The molecule has 2 aromatic rings. The van der Waals surface area contributed by atoms with Gasteiger partial charge in [-0.15, -0.1) is 0 Å². The molecule has 1 fully saturated rings. The fourth-order valence-electron chi connectivity index (χ4n) is 2.58. The van der Waals surface area contributed by atoms with Crippen molar-refractivity contribution in [2.75, 3.05) is 19.7 Å². The number of rotatable bonds is 2. The van der Waals surface area contributed by atoms with Gasteiger partial charge in [0.1, 0.15) is 6.10 Å². The summed E-state index contributed by atoms with van der Waals surface area (Å²) in [6.45, 7) is 6.76. The second-order valence-corrected chi connectivity index (χ2v) is 5.04. The van der Waals surface area contributed by atoms with Crippen molar-refractivity contribution in [3.63, 3.8) is 0 Å². The molecule has 0 aliphatic carbocycles. The first-order valence-corrected chi connectivity index (χ1v) is 6.68. The van der Waals surface area contributed by atoms with E-state index in [1.54, 1.807) is 0 Å². The fourth-order valence-corrected chi connectivity index (χ4v) is 2.58. The summed E-state index contributed by atoms with van der Waals surface area (Å²) in [4.78, 5) is 4.29. The van der Waals surface area contributed by atoms with Gasteiger partial charge < -0.3 is 14.6 Å². The monoisotopic (exact) mass is 257 g/mol. The van der Waals surface area contributed by atoms with Gasteiger partial charge in [-0.1, -0.05) is 17.7 Å². The van der Waals surface area contributed by atoms with Crippen molar-refractivity contribution < 1.29 is 4.74 Å². The number of imidazole rings is 1. The Hall–Kier alpha value is -1.65. The number of benzene rings is 1. The van der Waals surface area contributed by atoms with Gasteiger partial charge in [-0.05, 0) is 25.5 Å². The van der Waals surface area contributed by atoms with Crippen LogP contribution in [0.15, 0.2) is 30.7 Å². The highest BCUT2D eigenvalue weighted by Gasteiger charge is 2.20. The molecule has 1 aromatic heterocycles. The Morgan fingerprint density at radius 2 is 2.26 bits per heavy atom. The van der Waals surface area contributed by atoms with Crippen molar-refractivity contribution in [3.8, 4) is 5.69 Å². The van der Waals surface area contributed by atoms with Gasteiger partial charge >= 0.3 is 0 Å². The molecule has 1 N–H and O–H groups in total. The van der Waals surface area contributed by atoms with E-state index in [2.05, 4.69) is 46.9 Å². The summed E-state index contributed by atoms with van der Waals surface area (Å²) in [5, 5.41) is 3.36. The maximum absolute atomic E-state index is 5.82. The third-order valence-corrected chi connectivity index (χ3v) is 3.54. The topological polar surface area (TPSA) is 39.1 Å². The summed E-state index contributed by atoms with van der Waals surface area (Å²) in [5.74, 6) is 0. The van der Waals surface area contributed by atoms with Crippen molar-refractivity contribution in [2.24, 2.45) is 0 Å². The van der Waals surface area contributed by atoms with Crippen molar-refractivity contribution in [3.05, 3.63) is 47.5 Å². The third-order valence-electron chi connectivity index (χ3n) is 3.54. The first-order chi connectivity index (χ1) is 9.25. The highest BCUT2D eigenvalue weighted by molar-refractivity contribution is 5.44. The number of aryl methyl sites for hydroxylation is 2. The van der Waals surface area contributed by atoms with Crippen LogP contribution in [0.25, 0.3) is 5.69 Å². The first-order valence-electron chi connectivity index (χ1n) is 6.68. The standard InChI is InChI=1S/C15H19N3O/c1-11-3-4-13(12(2)7-11)18-10-17-8-14(18)15-9-16-5-6-19-15/h3-4,7-8,10,15-16H,5-6,9H2,1-2H3. The molecule has 4 nitrogen and oxygen atoms in total. The molecule has 1 saturated heterocycles. The van der Waals surface area contributed by atoms with Crippen LogP contribution < -0.4 is 5.32 Å². The van der Waals surface area contributed by atoms with Crippen molar-refractivity contribution in [1.82, 2.24) is 14.9 Å². The van der Waals surface area contributed by atoms with E-state index in [9.17, 15) is 0 Å². The molecular weight excluding hydrogens is 238 g/mol. The zero-order chi connectivity index (χ0) is 13.2. The van der Waals surface area contributed by atoms with Crippen LogP contribution in [0.4, 0.5) is 0 Å². The van der Waals surface area contributed by atoms with Crippen LogP contribution in [0.2, 0.25) is 0 Å². The number of morpholine rings is 1. The minimum atomic E-state index is 0.0805. The van der Waals surface area contributed by atoms with Crippen LogP contribution in [0, 0.1) is 13.8 Å². The molecule has 1 aliphatic heterocycles. The van der Waals surface area contributed by atoms with Crippen LogP contribution in [0.3, 0.4) is 0 Å². The van der Waals surface area contributed by atoms with Crippen molar-refractivity contribution >= 4 is 0 Å². The second kappa shape index (κ2) is 5.15. The minimum Gasteiger partial charge on any atom is -0.369 e. The van der Waals surface area contributed by atoms with E-state index < -0.39 is 0 Å². The van der Waals surface area contributed by atoms with Crippen molar-refractivity contribution in [1.29, 1.82) is 0 Å². The Morgan fingerprint density at radius 3 is 3.00 bits per heavy atom. The quantitative estimate of drug-likeness (QED) is 0.896. The van der Waals surface area contributed by atoms with E-state index in [0.29, 0.717) is 0 Å². The molecule has 19 heavy (non-hydrogen) atoms. The molecule has 1 aromatic carbocycles. The second-order valence-electron chi connectivity index (χ2n) is 5.04. The zero-order valence-electron chi connectivity index (χ0n) is 11.4. The molecule has 100 valence electrons. The molecule has 0 bridgehead atoms. The number of ether oxygens (including phenoxy) is 1. The van der Waals surface area contributed by atoms with Crippen molar-refractivity contribution in [2.45, 2.75) is 20.0 Å². The van der Waals surface area contributed by atoms with Gasteiger partial charge in [0.25, 0.3) is 0 Å². The molecule has 0 spiro atoms. The molecule has 4 heteroatoms. The normalized spacial score (nSPS) is 19.6. The number of aromatic nitrogens is 2. The lowest BCUT2D eigenvalue weighted by Gasteiger charge is -2.25. The van der Waals surface area contributed by atoms with E-state index in [1.165, 1.54) is 16.8 Å². The number of nitrogens with one attached hydrogen (secondary N) is 1. The number of nitrogens with zero attached hydrogens (tertiary/aromatic N) is 2. The van der Waals surface area contributed by atoms with Crippen LogP contribution in [0.1, 0.15) is 22.9 Å². The molecule has 2 heterocycles. The molecule has 3 rings (SSSR count). The summed E-state index contributed by atoms with van der Waals surface area (Å²) >= 11 is 0. The van der Waals surface area contributed by atoms with Gasteiger partial charge in [0.2, 0.25) is 0 Å². The molecule has 1 atom stereocenters. The number of hydrogen-bond acceptors (Lipinski definition) is 3. The summed E-state index contributed by atoms with van der Waals surface area (Å²) in [6, 6.07) is 6.47. The molecule has 0 radical (unpaired) electrons. The SMILES string of the molecule is Cc1ccc(-n2cncc2C2CNCCO2)c(C)c1. The van der Waals surface area contributed by atoms with Gasteiger partial charge in [0.15, 0.2) is 0 Å². The lowest BCUT2D eigenvalue weighted by Crippen LogP contribution is -2.34. The molecule has 1 aliphatic rings. The highest BCUT2D eigenvalue weighted by atomic mass is 16.5. The molecular formula is C15H19N3O. The predicted octanol–water partition coefficient (Wildman–Crippen LogP) is 2.15. The average molecular weight is 257 g/mol. The lowest BCUT2D eigenvalue weighted by molar-refractivity contribution is 0.0240. The first kappa shape index (κ1) is 12.4.